The number of rotatable bonds is 2. The Balaban J connectivity index is 1.80. The van der Waals surface area contributed by atoms with Crippen molar-refractivity contribution in [2.45, 2.75) is 52.1 Å². The van der Waals surface area contributed by atoms with E-state index in [2.05, 4.69) is 6.92 Å². The summed E-state index contributed by atoms with van der Waals surface area (Å²) in [6, 6.07) is 0. The average Bonchev–Trinajstić information content (AvgIpc) is 1.80. The molecule has 70 valence electrons. The topological polar surface area (TPSA) is 20.2 Å². The molecule has 2 saturated carbocycles. The number of aliphatic hydroxyl groups excluding tert-OH is 1. The van der Waals surface area contributed by atoms with Gasteiger partial charge in [-0.25, -0.2) is 0 Å². The second kappa shape index (κ2) is 2.73. The van der Waals surface area contributed by atoms with Gasteiger partial charge in [0.25, 0.3) is 0 Å². The van der Waals surface area contributed by atoms with Crippen molar-refractivity contribution >= 4 is 0 Å². The molecule has 1 spiro atoms. The minimum absolute atomic E-state index is 0.104. The normalized spacial score (nSPS) is 32.2. The summed E-state index contributed by atoms with van der Waals surface area (Å²) < 4.78 is 0. The van der Waals surface area contributed by atoms with Crippen molar-refractivity contribution in [3.8, 4) is 0 Å². The van der Waals surface area contributed by atoms with Crippen molar-refractivity contribution < 1.29 is 5.11 Å². The first-order valence-corrected chi connectivity index (χ1v) is 5.31. The molecule has 0 aromatic heterocycles. The van der Waals surface area contributed by atoms with E-state index in [4.69, 9.17) is 0 Å². The number of hydrogen-bond donors (Lipinski definition) is 1. The van der Waals surface area contributed by atoms with Gasteiger partial charge in [0.05, 0.1) is 6.10 Å². The van der Waals surface area contributed by atoms with Crippen LogP contribution in [-0.4, -0.2) is 11.2 Å². The second-order valence-electron chi connectivity index (χ2n) is 5.12. The van der Waals surface area contributed by atoms with E-state index in [9.17, 15) is 5.11 Å². The standard InChI is InChI=1S/C11H20O/c1-8(9(2)12)10-6-11(7-10)4-3-5-11/h8-10,12H,3-7H2,1-2H3. The van der Waals surface area contributed by atoms with Gasteiger partial charge in [-0.2, -0.15) is 0 Å². The van der Waals surface area contributed by atoms with Crippen LogP contribution < -0.4 is 0 Å². The third-order valence-electron chi connectivity index (χ3n) is 4.31. The van der Waals surface area contributed by atoms with Gasteiger partial charge in [0.1, 0.15) is 0 Å². The summed E-state index contributed by atoms with van der Waals surface area (Å²) in [7, 11) is 0. The van der Waals surface area contributed by atoms with Crippen LogP contribution in [0.5, 0.6) is 0 Å². The summed E-state index contributed by atoms with van der Waals surface area (Å²) in [6.07, 6.45) is 7.09. The fraction of sp³-hybridized carbons (Fsp3) is 1.00. The van der Waals surface area contributed by atoms with Crippen LogP contribution in [0.1, 0.15) is 46.0 Å². The fourth-order valence-corrected chi connectivity index (χ4v) is 2.90. The van der Waals surface area contributed by atoms with Crippen molar-refractivity contribution in [1.29, 1.82) is 0 Å². The van der Waals surface area contributed by atoms with Crippen LogP contribution in [0.3, 0.4) is 0 Å². The Morgan fingerprint density at radius 1 is 1.25 bits per heavy atom. The molecule has 2 fully saturated rings. The van der Waals surface area contributed by atoms with Crippen LogP contribution in [0.25, 0.3) is 0 Å². The van der Waals surface area contributed by atoms with Crippen molar-refractivity contribution in [2.24, 2.45) is 17.3 Å². The predicted molar refractivity (Wildman–Crippen MR) is 49.9 cm³/mol. The first kappa shape index (κ1) is 8.55. The second-order valence-corrected chi connectivity index (χ2v) is 5.12. The van der Waals surface area contributed by atoms with E-state index < -0.39 is 0 Å². The van der Waals surface area contributed by atoms with Gasteiger partial charge in [-0.1, -0.05) is 13.3 Å². The largest absolute Gasteiger partial charge is 0.393 e. The Hall–Kier alpha value is -0.0400. The summed E-state index contributed by atoms with van der Waals surface area (Å²) in [5.74, 6) is 1.35. The van der Waals surface area contributed by atoms with Gasteiger partial charge in [-0.05, 0) is 49.9 Å². The lowest BCUT2D eigenvalue weighted by atomic mass is 9.49. The molecule has 0 saturated heterocycles. The Kier molecular flexibility index (Phi) is 1.95. The quantitative estimate of drug-likeness (QED) is 0.672. The van der Waals surface area contributed by atoms with Crippen LogP contribution >= 0.6 is 0 Å². The molecule has 2 atom stereocenters. The molecule has 1 nitrogen and oxygen atoms in total. The molecule has 1 heteroatoms. The summed E-state index contributed by atoms with van der Waals surface area (Å²) >= 11 is 0. The summed E-state index contributed by atoms with van der Waals surface area (Å²) in [5.41, 5.74) is 0.772. The number of hydrogen-bond acceptors (Lipinski definition) is 1. The summed E-state index contributed by atoms with van der Waals surface area (Å²) in [6.45, 7) is 4.12. The van der Waals surface area contributed by atoms with Crippen LogP contribution in [0.2, 0.25) is 0 Å². The maximum absolute atomic E-state index is 9.42. The molecule has 1 N–H and O–H groups in total. The fourth-order valence-electron chi connectivity index (χ4n) is 2.90. The van der Waals surface area contributed by atoms with E-state index in [-0.39, 0.29) is 6.10 Å². The van der Waals surface area contributed by atoms with Crippen molar-refractivity contribution in [1.82, 2.24) is 0 Å². The Labute approximate surface area is 75.2 Å². The van der Waals surface area contributed by atoms with E-state index >= 15 is 0 Å². The third kappa shape index (κ3) is 1.19. The molecule has 2 unspecified atom stereocenters. The lowest BCUT2D eigenvalue weighted by Gasteiger charge is -2.56. The van der Waals surface area contributed by atoms with Gasteiger partial charge in [0.15, 0.2) is 0 Å². The smallest absolute Gasteiger partial charge is 0.0540 e. The molecule has 2 aliphatic carbocycles. The maximum atomic E-state index is 9.42. The number of aliphatic hydroxyl groups is 1. The van der Waals surface area contributed by atoms with Gasteiger partial charge < -0.3 is 5.11 Å². The first-order valence-electron chi connectivity index (χ1n) is 5.31. The zero-order valence-corrected chi connectivity index (χ0v) is 8.21. The highest BCUT2D eigenvalue weighted by Gasteiger charge is 2.49. The van der Waals surface area contributed by atoms with Gasteiger partial charge in [0, 0.05) is 0 Å². The van der Waals surface area contributed by atoms with Crippen LogP contribution in [0, 0.1) is 17.3 Å². The van der Waals surface area contributed by atoms with Gasteiger partial charge in [0.2, 0.25) is 0 Å². The maximum Gasteiger partial charge on any atom is 0.0540 e. The Morgan fingerprint density at radius 3 is 2.17 bits per heavy atom. The van der Waals surface area contributed by atoms with Crippen molar-refractivity contribution in [2.75, 3.05) is 0 Å². The van der Waals surface area contributed by atoms with E-state index in [1.807, 2.05) is 6.92 Å². The van der Waals surface area contributed by atoms with E-state index in [0.29, 0.717) is 5.92 Å². The lowest BCUT2D eigenvalue weighted by molar-refractivity contribution is -0.0694. The average molecular weight is 168 g/mol. The van der Waals surface area contributed by atoms with Gasteiger partial charge in [-0.3, -0.25) is 0 Å². The predicted octanol–water partition coefficient (Wildman–Crippen LogP) is 2.58. The van der Waals surface area contributed by atoms with Crippen LogP contribution in [0.15, 0.2) is 0 Å². The third-order valence-corrected chi connectivity index (χ3v) is 4.31. The van der Waals surface area contributed by atoms with Gasteiger partial charge in [-0.15, -0.1) is 0 Å². The summed E-state index contributed by atoms with van der Waals surface area (Å²) in [4.78, 5) is 0. The van der Waals surface area contributed by atoms with E-state index in [1.54, 1.807) is 0 Å². The molecule has 0 aliphatic heterocycles. The Bertz CT molecular complexity index is 162. The Morgan fingerprint density at radius 2 is 1.83 bits per heavy atom. The summed E-state index contributed by atoms with van der Waals surface area (Å²) in [5, 5.41) is 9.42. The minimum atomic E-state index is -0.104. The zero-order valence-electron chi connectivity index (χ0n) is 8.21. The molecule has 0 amide bonds. The van der Waals surface area contributed by atoms with E-state index in [0.717, 1.165) is 11.3 Å². The molecule has 0 radical (unpaired) electrons. The highest BCUT2D eigenvalue weighted by molar-refractivity contribution is 5.00. The highest BCUT2D eigenvalue weighted by atomic mass is 16.3. The molecule has 12 heavy (non-hydrogen) atoms. The van der Waals surface area contributed by atoms with Crippen LogP contribution in [-0.2, 0) is 0 Å². The lowest BCUT2D eigenvalue weighted by Crippen LogP contribution is -2.46. The van der Waals surface area contributed by atoms with Crippen molar-refractivity contribution in [3.05, 3.63) is 0 Å². The highest BCUT2D eigenvalue weighted by Crippen LogP contribution is 2.60. The molecule has 2 rings (SSSR count). The SMILES string of the molecule is CC(O)C(C)C1CC2(CCC2)C1. The molecule has 2 aliphatic rings. The molecule has 0 aromatic carbocycles. The first-order chi connectivity index (χ1) is 5.63. The van der Waals surface area contributed by atoms with Crippen molar-refractivity contribution in [3.63, 3.8) is 0 Å². The zero-order chi connectivity index (χ0) is 8.77. The molecular formula is C11H20O. The van der Waals surface area contributed by atoms with E-state index in [1.165, 1.54) is 32.1 Å². The molecule has 0 bridgehead atoms. The molecule has 0 heterocycles. The van der Waals surface area contributed by atoms with Crippen LogP contribution in [0.4, 0.5) is 0 Å². The molecule has 0 aromatic rings. The monoisotopic (exact) mass is 168 g/mol. The van der Waals surface area contributed by atoms with Gasteiger partial charge >= 0.3 is 0 Å². The minimum Gasteiger partial charge on any atom is -0.393 e. The molecular weight excluding hydrogens is 148 g/mol.